The molecule has 0 spiro atoms. The van der Waals surface area contributed by atoms with E-state index in [9.17, 15) is 4.79 Å². The molecule has 0 aromatic carbocycles. The Labute approximate surface area is 98.7 Å². The monoisotopic (exact) mass is 237 g/mol. The van der Waals surface area contributed by atoms with Gasteiger partial charge in [0.15, 0.2) is 5.82 Å². The predicted octanol–water partition coefficient (Wildman–Crippen LogP) is 2.42. The Hall–Kier alpha value is -1.42. The molecule has 1 aromatic heterocycles. The number of nitrogens with one attached hydrogen (secondary N) is 1. The summed E-state index contributed by atoms with van der Waals surface area (Å²) in [4.78, 5) is 19.6. The zero-order chi connectivity index (χ0) is 11.4. The van der Waals surface area contributed by atoms with E-state index in [0.717, 1.165) is 19.3 Å². The van der Waals surface area contributed by atoms with Crippen molar-refractivity contribution in [2.75, 3.05) is 5.32 Å². The predicted molar refractivity (Wildman–Crippen MR) is 62.2 cm³/mol. The van der Waals surface area contributed by atoms with Crippen molar-refractivity contribution in [3.05, 3.63) is 29.7 Å². The molecule has 1 amide bonds. The molecule has 0 saturated heterocycles. The molecule has 0 fully saturated rings. The summed E-state index contributed by atoms with van der Waals surface area (Å²) in [6, 6.07) is 0. The van der Waals surface area contributed by atoms with Crippen molar-refractivity contribution in [2.45, 2.75) is 19.3 Å². The maximum atomic E-state index is 11.8. The van der Waals surface area contributed by atoms with Gasteiger partial charge in [0.05, 0.1) is 12.4 Å². The third kappa shape index (κ3) is 2.79. The molecule has 1 unspecified atom stereocenters. The number of aromatic nitrogens is 2. The number of allylic oxidation sites excluding steroid dienone is 2. The minimum atomic E-state index is 0.000900. The minimum absolute atomic E-state index is 0.000900. The van der Waals surface area contributed by atoms with Crippen LogP contribution in [0.15, 0.2) is 24.5 Å². The van der Waals surface area contributed by atoms with Crippen LogP contribution in [0.25, 0.3) is 0 Å². The van der Waals surface area contributed by atoms with Gasteiger partial charge in [-0.05, 0) is 19.3 Å². The number of carbonyl (C=O) groups excluding carboxylic acids is 1. The Morgan fingerprint density at radius 2 is 2.25 bits per heavy atom. The molecule has 16 heavy (non-hydrogen) atoms. The van der Waals surface area contributed by atoms with Crippen molar-refractivity contribution in [3.63, 3.8) is 0 Å². The molecule has 5 heteroatoms. The first-order valence-corrected chi connectivity index (χ1v) is 5.57. The standard InChI is InChI=1S/C11H12ClN3O/c12-9-6-14-10(7-13-9)15-11(16)8-4-2-1-3-5-8/h1-2,6-8H,3-5H2,(H,14,15,16). The van der Waals surface area contributed by atoms with Crippen LogP contribution >= 0.6 is 11.6 Å². The molecule has 0 bridgehead atoms. The summed E-state index contributed by atoms with van der Waals surface area (Å²) in [5, 5.41) is 3.05. The Morgan fingerprint density at radius 1 is 1.38 bits per heavy atom. The van der Waals surface area contributed by atoms with Gasteiger partial charge in [0.2, 0.25) is 5.91 Å². The Bertz CT molecular complexity index is 402. The van der Waals surface area contributed by atoms with Crippen molar-refractivity contribution < 1.29 is 4.79 Å². The lowest BCUT2D eigenvalue weighted by atomic mass is 9.94. The van der Waals surface area contributed by atoms with E-state index < -0.39 is 0 Å². The second-order valence-electron chi connectivity index (χ2n) is 3.69. The molecule has 1 aliphatic rings. The first kappa shape index (κ1) is 11.1. The van der Waals surface area contributed by atoms with Gasteiger partial charge in [0, 0.05) is 5.92 Å². The second kappa shape index (κ2) is 5.07. The van der Waals surface area contributed by atoms with Crippen molar-refractivity contribution in [1.29, 1.82) is 0 Å². The third-order valence-corrected chi connectivity index (χ3v) is 2.71. The largest absolute Gasteiger partial charge is 0.309 e. The number of amides is 1. The third-order valence-electron chi connectivity index (χ3n) is 2.51. The average molecular weight is 238 g/mol. The van der Waals surface area contributed by atoms with E-state index in [2.05, 4.69) is 21.4 Å². The van der Waals surface area contributed by atoms with Crippen LogP contribution in [0.1, 0.15) is 19.3 Å². The van der Waals surface area contributed by atoms with Crippen LogP contribution < -0.4 is 5.32 Å². The summed E-state index contributed by atoms with van der Waals surface area (Å²) in [5.41, 5.74) is 0. The molecule has 0 aliphatic heterocycles. The van der Waals surface area contributed by atoms with Crippen molar-refractivity contribution in [1.82, 2.24) is 9.97 Å². The van der Waals surface area contributed by atoms with Gasteiger partial charge in [-0.1, -0.05) is 23.8 Å². The average Bonchev–Trinajstić information content (AvgIpc) is 2.33. The summed E-state index contributed by atoms with van der Waals surface area (Å²) >= 11 is 5.60. The van der Waals surface area contributed by atoms with E-state index in [4.69, 9.17) is 11.6 Å². The fraction of sp³-hybridized carbons (Fsp3) is 0.364. The fourth-order valence-electron chi connectivity index (χ4n) is 1.64. The zero-order valence-corrected chi connectivity index (χ0v) is 9.44. The Balaban J connectivity index is 1.96. The summed E-state index contributed by atoms with van der Waals surface area (Å²) in [7, 11) is 0. The number of rotatable bonds is 2. The summed E-state index contributed by atoms with van der Waals surface area (Å²) in [5.74, 6) is 0.493. The van der Waals surface area contributed by atoms with Gasteiger partial charge >= 0.3 is 0 Å². The molecule has 1 aromatic rings. The Morgan fingerprint density at radius 3 is 2.88 bits per heavy atom. The van der Waals surface area contributed by atoms with E-state index in [-0.39, 0.29) is 11.8 Å². The van der Waals surface area contributed by atoms with Crippen molar-refractivity contribution in [2.24, 2.45) is 5.92 Å². The molecule has 1 aliphatic carbocycles. The minimum Gasteiger partial charge on any atom is -0.309 e. The molecule has 4 nitrogen and oxygen atoms in total. The van der Waals surface area contributed by atoms with Crippen LogP contribution in [0.2, 0.25) is 5.15 Å². The Kier molecular flexibility index (Phi) is 3.51. The van der Waals surface area contributed by atoms with Crippen LogP contribution in [0, 0.1) is 5.92 Å². The normalized spacial score (nSPS) is 19.4. The van der Waals surface area contributed by atoms with Gasteiger partial charge in [-0.3, -0.25) is 4.79 Å². The maximum absolute atomic E-state index is 11.8. The van der Waals surface area contributed by atoms with Gasteiger partial charge in [0.25, 0.3) is 0 Å². The van der Waals surface area contributed by atoms with Gasteiger partial charge in [0.1, 0.15) is 5.15 Å². The molecule has 2 rings (SSSR count). The summed E-state index contributed by atoms with van der Waals surface area (Å²) < 4.78 is 0. The number of carbonyl (C=O) groups is 1. The van der Waals surface area contributed by atoms with Gasteiger partial charge < -0.3 is 5.32 Å². The van der Waals surface area contributed by atoms with E-state index in [1.807, 2.05) is 6.08 Å². The van der Waals surface area contributed by atoms with E-state index in [0.29, 0.717) is 11.0 Å². The van der Waals surface area contributed by atoms with Crippen LogP contribution in [0.5, 0.6) is 0 Å². The topological polar surface area (TPSA) is 54.9 Å². The van der Waals surface area contributed by atoms with Crippen molar-refractivity contribution in [3.8, 4) is 0 Å². The van der Waals surface area contributed by atoms with Crippen LogP contribution in [-0.4, -0.2) is 15.9 Å². The van der Waals surface area contributed by atoms with E-state index in [1.165, 1.54) is 12.4 Å². The SMILES string of the molecule is O=C(Nc1cnc(Cl)cn1)C1CC=CCC1. The first-order valence-electron chi connectivity index (χ1n) is 5.19. The molecule has 84 valence electrons. The van der Waals surface area contributed by atoms with E-state index >= 15 is 0 Å². The lowest BCUT2D eigenvalue weighted by Gasteiger charge is -2.16. The van der Waals surface area contributed by atoms with E-state index in [1.54, 1.807) is 0 Å². The maximum Gasteiger partial charge on any atom is 0.229 e. The highest BCUT2D eigenvalue weighted by molar-refractivity contribution is 6.29. The first-order chi connectivity index (χ1) is 7.75. The molecule has 1 N–H and O–H groups in total. The molecular formula is C11H12ClN3O. The zero-order valence-electron chi connectivity index (χ0n) is 8.69. The molecular weight excluding hydrogens is 226 g/mol. The van der Waals surface area contributed by atoms with Gasteiger partial charge in [-0.15, -0.1) is 0 Å². The molecule has 0 radical (unpaired) electrons. The van der Waals surface area contributed by atoms with Crippen LogP contribution in [0.4, 0.5) is 5.82 Å². The fourth-order valence-corrected chi connectivity index (χ4v) is 1.73. The number of hydrogen-bond donors (Lipinski definition) is 1. The lowest BCUT2D eigenvalue weighted by molar-refractivity contribution is -0.120. The number of halogens is 1. The highest BCUT2D eigenvalue weighted by atomic mass is 35.5. The van der Waals surface area contributed by atoms with Crippen LogP contribution in [-0.2, 0) is 4.79 Å². The molecule has 1 heterocycles. The molecule has 0 saturated carbocycles. The molecule has 1 atom stereocenters. The second-order valence-corrected chi connectivity index (χ2v) is 4.08. The summed E-state index contributed by atoms with van der Waals surface area (Å²) in [6.45, 7) is 0. The number of nitrogens with zero attached hydrogens (tertiary/aromatic N) is 2. The quantitative estimate of drug-likeness (QED) is 0.804. The highest BCUT2D eigenvalue weighted by Crippen LogP contribution is 2.19. The number of anilines is 1. The van der Waals surface area contributed by atoms with Gasteiger partial charge in [-0.2, -0.15) is 0 Å². The number of hydrogen-bond acceptors (Lipinski definition) is 3. The van der Waals surface area contributed by atoms with Crippen molar-refractivity contribution >= 4 is 23.3 Å². The summed E-state index contributed by atoms with van der Waals surface area (Å²) in [6.07, 6.45) is 9.67. The smallest absolute Gasteiger partial charge is 0.229 e. The lowest BCUT2D eigenvalue weighted by Crippen LogP contribution is -2.24. The van der Waals surface area contributed by atoms with Gasteiger partial charge in [-0.25, -0.2) is 9.97 Å². The van der Waals surface area contributed by atoms with Crippen LogP contribution in [0.3, 0.4) is 0 Å². The highest BCUT2D eigenvalue weighted by Gasteiger charge is 2.18.